The van der Waals surface area contributed by atoms with Crippen molar-refractivity contribution in [3.63, 3.8) is 0 Å². The van der Waals surface area contributed by atoms with Crippen LogP contribution in [0.15, 0.2) is 24.3 Å². The first-order valence-electron chi connectivity index (χ1n) is 6.12. The summed E-state index contributed by atoms with van der Waals surface area (Å²) in [5.74, 6) is -0.355. The zero-order valence-electron chi connectivity index (χ0n) is 10.4. The molecule has 0 saturated heterocycles. The second-order valence-electron chi connectivity index (χ2n) is 4.91. The minimum Gasteiger partial charge on any atom is -0.623 e. The average Bonchev–Trinajstić information content (AvgIpc) is 2.36. The van der Waals surface area contributed by atoms with Crippen LogP contribution in [0.5, 0.6) is 0 Å². The van der Waals surface area contributed by atoms with Crippen molar-refractivity contribution in [2.75, 3.05) is 0 Å². The highest BCUT2D eigenvalue weighted by Crippen LogP contribution is 2.27. The summed E-state index contributed by atoms with van der Waals surface area (Å²) in [6.45, 7) is 1.68. The summed E-state index contributed by atoms with van der Waals surface area (Å²) in [5, 5.41) is 12.1. The molecule has 4 heteroatoms. The molecule has 0 spiro atoms. The van der Waals surface area contributed by atoms with Gasteiger partial charge in [0.1, 0.15) is 5.82 Å². The lowest BCUT2D eigenvalue weighted by Gasteiger charge is -2.30. The van der Waals surface area contributed by atoms with Crippen molar-refractivity contribution in [2.45, 2.75) is 38.1 Å². The Labute approximate surface area is 106 Å². The normalized spacial score (nSPS) is 25.2. The Bertz CT molecular complexity index is 481. The van der Waals surface area contributed by atoms with E-state index in [2.05, 4.69) is 0 Å². The maximum Gasteiger partial charge on any atom is 0.227 e. The Morgan fingerprint density at radius 2 is 2.00 bits per heavy atom. The van der Waals surface area contributed by atoms with E-state index in [1.165, 1.54) is 30.5 Å². The molecule has 0 radical (unpaired) electrons. The molecule has 1 atom stereocenters. The molecule has 1 fully saturated rings. The average molecular weight is 249 g/mol. The monoisotopic (exact) mass is 249 g/mol. The fraction of sp³-hybridized carbons (Fsp3) is 0.429. The fourth-order valence-electron chi connectivity index (χ4n) is 2.22. The van der Waals surface area contributed by atoms with E-state index < -0.39 is 5.54 Å². The van der Waals surface area contributed by atoms with Crippen LogP contribution in [0.2, 0.25) is 0 Å². The van der Waals surface area contributed by atoms with Crippen LogP contribution in [0.4, 0.5) is 4.39 Å². The smallest absolute Gasteiger partial charge is 0.227 e. The lowest BCUT2D eigenvalue weighted by molar-refractivity contribution is -0.525. The first-order valence-corrected chi connectivity index (χ1v) is 6.12. The minimum atomic E-state index is -0.966. The van der Waals surface area contributed by atoms with Crippen LogP contribution >= 0.6 is 0 Å². The highest BCUT2D eigenvalue weighted by Gasteiger charge is 2.42. The standard InChI is InChI=1S/C14H16FNO2/c1-14(9-3-2-4-13(14)17)16(18)10-11-5-7-12(15)8-6-11/h5-8,10H,2-4,9H2,1H3/t14-/m1/s1. The molecule has 0 N–H and O–H groups in total. The molecule has 0 heterocycles. The van der Waals surface area contributed by atoms with E-state index in [1.807, 2.05) is 0 Å². The number of carbonyl (C=O) groups excluding carboxylic acids is 1. The van der Waals surface area contributed by atoms with Crippen LogP contribution < -0.4 is 0 Å². The third-order valence-corrected chi connectivity index (χ3v) is 3.54. The van der Waals surface area contributed by atoms with Crippen LogP contribution in [-0.2, 0) is 4.79 Å². The van der Waals surface area contributed by atoms with Gasteiger partial charge in [0.15, 0.2) is 6.21 Å². The van der Waals surface area contributed by atoms with E-state index >= 15 is 0 Å². The minimum absolute atomic E-state index is 0.0119. The predicted octanol–water partition coefficient (Wildman–Crippen LogP) is 2.66. The molecule has 96 valence electrons. The number of nitrogens with zero attached hydrogens (tertiary/aromatic N) is 1. The fourth-order valence-corrected chi connectivity index (χ4v) is 2.22. The SMILES string of the molecule is C[C@@]1([N+]([O-])=Cc2ccc(F)cc2)CCCCC1=O. The van der Waals surface area contributed by atoms with Crippen molar-refractivity contribution < 1.29 is 13.9 Å². The van der Waals surface area contributed by atoms with Gasteiger partial charge in [-0.2, -0.15) is 4.74 Å². The largest absolute Gasteiger partial charge is 0.623 e. The number of halogens is 1. The Morgan fingerprint density at radius 3 is 2.61 bits per heavy atom. The second-order valence-corrected chi connectivity index (χ2v) is 4.91. The van der Waals surface area contributed by atoms with Gasteiger partial charge in [-0.1, -0.05) is 0 Å². The molecule has 3 nitrogen and oxygen atoms in total. The Balaban J connectivity index is 2.26. The number of carbonyl (C=O) groups is 1. The zero-order chi connectivity index (χ0) is 13.2. The summed E-state index contributed by atoms with van der Waals surface area (Å²) < 4.78 is 13.5. The van der Waals surface area contributed by atoms with Crippen molar-refractivity contribution in [1.82, 2.24) is 0 Å². The van der Waals surface area contributed by atoms with E-state index in [0.29, 0.717) is 18.4 Å². The van der Waals surface area contributed by atoms with Gasteiger partial charge in [-0.3, -0.25) is 4.79 Å². The maximum atomic E-state index is 12.8. The molecule has 0 bridgehead atoms. The van der Waals surface area contributed by atoms with Gasteiger partial charge in [-0.25, -0.2) is 4.39 Å². The number of hydrogen-bond donors (Lipinski definition) is 0. The van der Waals surface area contributed by atoms with Gasteiger partial charge in [0.25, 0.3) is 0 Å². The molecule has 1 aromatic rings. The molecule has 0 unspecified atom stereocenters. The summed E-state index contributed by atoms with van der Waals surface area (Å²) in [5.41, 5.74) is -0.363. The van der Waals surface area contributed by atoms with Crippen LogP contribution in [0.25, 0.3) is 0 Å². The maximum absolute atomic E-state index is 12.8. The van der Waals surface area contributed by atoms with Crippen LogP contribution in [0.3, 0.4) is 0 Å². The molecule has 0 aromatic heterocycles. The summed E-state index contributed by atoms with van der Waals surface area (Å²) in [4.78, 5) is 11.9. The molecule has 1 aliphatic rings. The topological polar surface area (TPSA) is 43.1 Å². The highest BCUT2D eigenvalue weighted by molar-refractivity contribution is 5.88. The molecule has 0 amide bonds. The zero-order valence-corrected chi connectivity index (χ0v) is 10.4. The van der Waals surface area contributed by atoms with Gasteiger partial charge in [0.2, 0.25) is 11.3 Å². The molecule has 1 aromatic carbocycles. The third kappa shape index (κ3) is 2.42. The van der Waals surface area contributed by atoms with E-state index in [1.54, 1.807) is 6.92 Å². The highest BCUT2D eigenvalue weighted by atomic mass is 19.1. The van der Waals surface area contributed by atoms with Crippen molar-refractivity contribution >= 4 is 12.0 Å². The van der Waals surface area contributed by atoms with E-state index in [-0.39, 0.29) is 11.6 Å². The first-order chi connectivity index (χ1) is 8.52. The molecule has 0 aliphatic heterocycles. The van der Waals surface area contributed by atoms with E-state index in [0.717, 1.165) is 17.6 Å². The van der Waals surface area contributed by atoms with Crippen molar-refractivity contribution in [2.24, 2.45) is 0 Å². The van der Waals surface area contributed by atoms with Gasteiger partial charge >= 0.3 is 0 Å². The van der Waals surface area contributed by atoms with Crippen LogP contribution in [-0.4, -0.2) is 22.3 Å². The Morgan fingerprint density at radius 1 is 1.33 bits per heavy atom. The van der Waals surface area contributed by atoms with Crippen LogP contribution in [0, 0.1) is 11.0 Å². The Hall–Kier alpha value is -1.71. The van der Waals surface area contributed by atoms with E-state index in [4.69, 9.17) is 0 Å². The van der Waals surface area contributed by atoms with Gasteiger partial charge in [-0.15, -0.1) is 0 Å². The molecule has 1 saturated carbocycles. The third-order valence-electron chi connectivity index (χ3n) is 3.54. The summed E-state index contributed by atoms with van der Waals surface area (Å²) >= 11 is 0. The summed E-state index contributed by atoms with van der Waals surface area (Å²) in [6, 6.07) is 5.64. The first kappa shape index (κ1) is 12.7. The molecule has 18 heavy (non-hydrogen) atoms. The molecule has 2 rings (SSSR count). The number of benzene rings is 1. The number of rotatable bonds is 2. The van der Waals surface area contributed by atoms with Gasteiger partial charge in [-0.05, 0) is 37.1 Å². The molecule has 1 aliphatic carbocycles. The number of Topliss-reactive ketones (excluding diaryl/α,β-unsaturated/α-hetero) is 1. The van der Waals surface area contributed by atoms with Crippen molar-refractivity contribution in [3.8, 4) is 0 Å². The van der Waals surface area contributed by atoms with Crippen molar-refractivity contribution in [1.29, 1.82) is 0 Å². The predicted molar refractivity (Wildman–Crippen MR) is 67.1 cm³/mol. The number of hydrogen-bond acceptors (Lipinski definition) is 2. The molecular formula is C14H16FNO2. The van der Waals surface area contributed by atoms with Gasteiger partial charge < -0.3 is 5.21 Å². The second kappa shape index (κ2) is 4.88. The number of ketones is 1. The summed E-state index contributed by atoms with van der Waals surface area (Å²) in [7, 11) is 0. The van der Waals surface area contributed by atoms with Gasteiger partial charge in [0.05, 0.1) is 0 Å². The van der Waals surface area contributed by atoms with E-state index in [9.17, 15) is 14.4 Å². The van der Waals surface area contributed by atoms with Gasteiger partial charge in [0, 0.05) is 25.3 Å². The van der Waals surface area contributed by atoms with Crippen molar-refractivity contribution in [3.05, 3.63) is 40.9 Å². The molecular weight excluding hydrogens is 233 g/mol. The lowest BCUT2D eigenvalue weighted by atomic mass is 9.82. The Kier molecular flexibility index (Phi) is 3.45. The summed E-state index contributed by atoms with van der Waals surface area (Å²) in [6.07, 6.45) is 4.15. The lowest BCUT2D eigenvalue weighted by Crippen LogP contribution is -2.46. The number of hydroxylamine groups is 1. The quantitative estimate of drug-likeness (QED) is 0.350. The van der Waals surface area contributed by atoms with Crippen LogP contribution in [0.1, 0.15) is 38.2 Å².